The third kappa shape index (κ3) is 2.59. The molecule has 0 saturated carbocycles. The first-order valence-electron chi connectivity index (χ1n) is 7.78. The Morgan fingerprint density at radius 1 is 1.29 bits per heavy atom. The Balaban J connectivity index is 1.69. The van der Waals surface area contributed by atoms with Gasteiger partial charge in [0.15, 0.2) is 0 Å². The van der Waals surface area contributed by atoms with Crippen molar-refractivity contribution in [2.45, 2.75) is 19.4 Å². The number of carboxylic acid groups (broad SMARTS) is 1. The van der Waals surface area contributed by atoms with Crippen molar-refractivity contribution in [3.05, 3.63) is 48.0 Å². The Hall–Kier alpha value is -2.93. The molecule has 122 valence electrons. The van der Waals surface area contributed by atoms with E-state index in [0.717, 1.165) is 36.0 Å². The molecule has 2 aromatic heterocycles. The zero-order valence-electron chi connectivity index (χ0n) is 12.9. The van der Waals surface area contributed by atoms with Gasteiger partial charge in [-0.05, 0) is 43.7 Å². The zero-order chi connectivity index (χ0) is 16.5. The summed E-state index contributed by atoms with van der Waals surface area (Å²) in [6, 6.07) is 7.04. The maximum atomic E-state index is 11.2. The lowest BCUT2D eigenvalue weighted by molar-refractivity contribution is 0.197. The highest BCUT2D eigenvalue weighted by atomic mass is 16.5. The number of rotatable bonds is 2. The van der Waals surface area contributed by atoms with Crippen LogP contribution in [-0.2, 0) is 13.0 Å². The number of hydrogen-bond donors (Lipinski definition) is 2. The van der Waals surface area contributed by atoms with E-state index in [9.17, 15) is 4.79 Å². The predicted octanol–water partition coefficient (Wildman–Crippen LogP) is 2.79. The maximum Gasteiger partial charge on any atom is 0.415 e. The van der Waals surface area contributed by atoms with E-state index in [-0.39, 0.29) is 0 Å². The van der Waals surface area contributed by atoms with Crippen molar-refractivity contribution >= 4 is 17.0 Å². The highest BCUT2D eigenvalue weighted by Gasteiger charge is 2.16. The maximum absolute atomic E-state index is 11.2. The van der Waals surface area contributed by atoms with Gasteiger partial charge in [0.05, 0.1) is 16.8 Å². The SMILES string of the molecule is O=C(O)n1ccc2cc(Oc3ncnc4c3CNCCC4)ccc21. The van der Waals surface area contributed by atoms with Crippen LogP contribution in [0, 0.1) is 0 Å². The van der Waals surface area contributed by atoms with Gasteiger partial charge in [-0.25, -0.2) is 14.8 Å². The van der Waals surface area contributed by atoms with E-state index in [4.69, 9.17) is 9.84 Å². The number of aryl methyl sites for hydroxylation is 1. The van der Waals surface area contributed by atoms with E-state index in [1.807, 2.05) is 6.07 Å². The van der Waals surface area contributed by atoms with Crippen molar-refractivity contribution in [3.63, 3.8) is 0 Å². The van der Waals surface area contributed by atoms with E-state index in [2.05, 4.69) is 15.3 Å². The number of nitrogens with one attached hydrogen (secondary N) is 1. The van der Waals surface area contributed by atoms with E-state index >= 15 is 0 Å². The van der Waals surface area contributed by atoms with Crippen LogP contribution >= 0.6 is 0 Å². The molecule has 0 aliphatic carbocycles. The second kappa shape index (κ2) is 5.93. The van der Waals surface area contributed by atoms with Gasteiger partial charge in [-0.15, -0.1) is 0 Å². The van der Waals surface area contributed by atoms with Crippen molar-refractivity contribution in [2.24, 2.45) is 0 Å². The number of carbonyl (C=O) groups is 1. The van der Waals surface area contributed by atoms with Crippen molar-refractivity contribution in [1.29, 1.82) is 0 Å². The summed E-state index contributed by atoms with van der Waals surface area (Å²) in [7, 11) is 0. The lowest BCUT2D eigenvalue weighted by atomic mass is 10.1. The molecule has 0 radical (unpaired) electrons. The minimum atomic E-state index is -1.01. The number of hydrogen-bond acceptors (Lipinski definition) is 5. The van der Waals surface area contributed by atoms with Gasteiger partial charge in [-0.1, -0.05) is 0 Å². The summed E-state index contributed by atoms with van der Waals surface area (Å²) in [5, 5.41) is 13.3. The van der Waals surface area contributed by atoms with Gasteiger partial charge in [0.2, 0.25) is 5.88 Å². The van der Waals surface area contributed by atoms with Crippen LogP contribution in [0.15, 0.2) is 36.8 Å². The fourth-order valence-electron chi connectivity index (χ4n) is 2.97. The van der Waals surface area contributed by atoms with Gasteiger partial charge >= 0.3 is 6.09 Å². The van der Waals surface area contributed by atoms with Crippen LogP contribution in [0.3, 0.4) is 0 Å². The molecule has 24 heavy (non-hydrogen) atoms. The lowest BCUT2D eigenvalue weighted by Crippen LogP contribution is -2.13. The Morgan fingerprint density at radius 2 is 2.21 bits per heavy atom. The molecule has 0 saturated heterocycles. The highest BCUT2D eigenvalue weighted by molar-refractivity contribution is 5.89. The van der Waals surface area contributed by atoms with Crippen molar-refractivity contribution in [1.82, 2.24) is 19.9 Å². The summed E-state index contributed by atoms with van der Waals surface area (Å²) in [6.45, 7) is 1.63. The summed E-state index contributed by atoms with van der Waals surface area (Å²) >= 11 is 0. The van der Waals surface area contributed by atoms with E-state index in [0.29, 0.717) is 23.7 Å². The molecule has 0 unspecified atom stereocenters. The first-order chi connectivity index (χ1) is 11.7. The summed E-state index contributed by atoms with van der Waals surface area (Å²) < 4.78 is 7.14. The predicted molar refractivity (Wildman–Crippen MR) is 87.5 cm³/mol. The molecule has 3 aromatic rings. The van der Waals surface area contributed by atoms with E-state index in [1.54, 1.807) is 18.2 Å². The number of aromatic nitrogens is 3. The first kappa shape index (κ1) is 14.6. The molecule has 2 N–H and O–H groups in total. The summed E-state index contributed by atoms with van der Waals surface area (Å²) in [5.41, 5.74) is 2.62. The number of fused-ring (bicyclic) bond motifs is 2. The molecular formula is C17H16N4O3. The van der Waals surface area contributed by atoms with Gasteiger partial charge in [-0.2, -0.15) is 0 Å². The molecular weight excluding hydrogens is 308 g/mol. The smallest absolute Gasteiger partial charge is 0.415 e. The molecule has 7 nitrogen and oxygen atoms in total. The highest BCUT2D eigenvalue weighted by Crippen LogP contribution is 2.29. The quantitative estimate of drug-likeness (QED) is 0.753. The topological polar surface area (TPSA) is 89.3 Å². The third-order valence-electron chi connectivity index (χ3n) is 4.15. The van der Waals surface area contributed by atoms with Crippen LogP contribution < -0.4 is 10.1 Å². The number of benzene rings is 1. The van der Waals surface area contributed by atoms with Crippen molar-refractivity contribution in [2.75, 3.05) is 6.54 Å². The first-order valence-corrected chi connectivity index (χ1v) is 7.78. The van der Waals surface area contributed by atoms with Crippen LogP contribution in [0.1, 0.15) is 17.7 Å². The number of nitrogens with zero attached hydrogens (tertiary/aromatic N) is 3. The van der Waals surface area contributed by atoms with Gasteiger partial charge < -0.3 is 15.2 Å². The molecule has 3 heterocycles. The van der Waals surface area contributed by atoms with Crippen LogP contribution in [0.5, 0.6) is 11.6 Å². The summed E-state index contributed by atoms with van der Waals surface area (Å²) in [4.78, 5) is 19.8. The average Bonchev–Trinajstić information content (AvgIpc) is 2.84. The Bertz CT molecular complexity index is 919. The minimum absolute atomic E-state index is 0.548. The second-order valence-electron chi connectivity index (χ2n) is 5.68. The lowest BCUT2D eigenvalue weighted by Gasteiger charge is -2.11. The second-order valence-corrected chi connectivity index (χ2v) is 5.68. The Labute approximate surface area is 137 Å². The Kier molecular flexibility index (Phi) is 3.62. The largest absolute Gasteiger partial charge is 0.464 e. The molecule has 0 atom stereocenters. The average molecular weight is 324 g/mol. The monoisotopic (exact) mass is 324 g/mol. The fourth-order valence-corrected chi connectivity index (χ4v) is 2.97. The van der Waals surface area contributed by atoms with Crippen LogP contribution in [0.25, 0.3) is 10.9 Å². The van der Waals surface area contributed by atoms with Crippen LogP contribution in [-0.4, -0.2) is 32.3 Å². The standard InChI is InChI=1S/C17H16N4O3/c22-17(23)21-7-5-11-8-12(3-4-15(11)21)24-16-13-9-18-6-1-2-14(13)19-10-20-16/h3-5,7-8,10,18H,1-2,6,9H2,(H,22,23). The minimum Gasteiger partial charge on any atom is -0.464 e. The van der Waals surface area contributed by atoms with Gasteiger partial charge in [0, 0.05) is 18.1 Å². The van der Waals surface area contributed by atoms with E-state index in [1.165, 1.54) is 17.1 Å². The molecule has 1 aliphatic rings. The molecule has 1 aromatic carbocycles. The van der Waals surface area contributed by atoms with E-state index < -0.39 is 6.09 Å². The molecule has 0 amide bonds. The van der Waals surface area contributed by atoms with Crippen molar-refractivity contribution < 1.29 is 14.6 Å². The van der Waals surface area contributed by atoms with Crippen molar-refractivity contribution in [3.8, 4) is 11.6 Å². The molecule has 4 rings (SSSR count). The molecule has 7 heteroatoms. The van der Waals surface area contributed by atoms with Gasteiger partial charge in [0.1, 0.15) is 12.1 Å². The molecule has 1 aliphatic heterocycles. The van der Waals surface area contributed by atoms with Crippen LogP contribution in [0.4, 0.5) is 4.79 Å². The fraction of sp³-hybridized carbons (Fsp3) is 0.235. The van der Waals surface area contributed by atoms with Gasteiger partial charge in [-0.3, -0.25) is 4.57 Å². The molecule has 0 bridgehead atoms. The van der Waals surface area contributed by atoms with Crippen LogP contribution in [0.2, 0.25) is 0 Å². The third-order valence-corrected chi connectivity index (χ3v) is 4.15. The summed E-state index contributed by atoms with van der Waals surface area (Å²) in [6.07, 6.45) is 3.99. The summed E-state index contributed by atoms with van der Waals surface area (Å²) in [5.74, 6) is 1.17. The van der Waals surface area contributed by atoms with Gasteiger partial charge in [0.25, 0.3) is 0 Å². The Morgan fingerprint density at radius 3 is 3.08 bits per heavy atom. The number of ether oxygens (including phenoxy) is 1. The zero-order valence-corrected chi connectivity index (χ0v) is 12.9. The molecule has 0 spiro atoms. The molecule has 0 fully saturated rings. The normalized spacial score (nSPS) is 14.2.